The Labute approximate surface area is 129 Å². The Morgan fingerprint density at radius 1 is 1.38 bits per heavy atom. The van der Waals surface area contributed by atoms with Crippen molar-refractivity contribution in [1.29, 1.82) is 0 Å². The largest absolute Gasteiger partial charge is 0.383 e. The maximum absolute atomic E-state index is 13.4. The van der Waals surface area contributed by atoms with Gasteiger partial charge < -0.3 is 10.1 Å². The maximum Gasteiger partial charge on any atom is 0.238 e. The number of methoxy groups -OCH3 is 1. The van der Waals surface area contributed by atoms with E-state index in [1.165, 1.54) is 6.07 Å². The molecule has 116 valence electrons. The SMILES string of the molecule is COC[C@@H](C)NC(=S)NNC(=O)CCc1ccccc1F. The van der Waals surface area contributed by atoms with Crippen LogP contribution in [-0.4, -0.2) is 30.8 Å². The molecular formula is C14H20FN3O2S. The molecule has 5 nitrogen and oxygen atoms in total. The molecule has 0 bridgehead atoms. The zero-order valence-electron chi connectivity index (χ0n) is 12.1. The summed E-state index contributed by atoms with van der Waals surface area (Å²) in [6.45, 7) is 2.40. The summed E-state index contributed by atoms with van der Waals surface area (Å²) in [5.74, 6) is -0.564. The van der Waals surface area contributed by atoms with E-state index in [2.05, 4.69) is 16.2 Å². The van der Waals surface area contributed by atoms with Gasteiger partial charge in [0.05, 0.1) is 6.61 Å². The van der Waals surface area contributed by atoms with Crippen LogP contribution in [0.1, 0.15) is 18.9 Å². The number of thiocarbonyl (C=S) groups is 1. The van der Waals surface area contributed by atoms with Gasteiger partial charge in [0, 0.05) is 19.6 Å². The van der Waals surface area contributed by atoms with Gasteiger partial charge in [0.15, 0.2) is 5.11 Å². The summed E-state index contributed by atoms with van der Waals surface area (Å²) in [7, 11) is 1.60. The van der Waals surface area contributed by atoms with Crippen LogP contribution in [0.15, 0.2) is 24.3 Å². The van der Waals surface area contributed by atoms with Gasteiger partial charge in [-0.3, -0.25) is 15.6 Å². The summed E-state index contributed by atoms with van der Waals surface area (Å²) in [5.41, 5.74) is 5.57. The molecule has 0 unspecified atom stereocenters. The summed E-state index contributed by atoms with van der Waals surface area (Å²) >= 11 is 5.01. The van der Waals surface area contributed by atoms with Gasteiger partial charge >= 0.3 is 0 Å². The first-order valence-corrected chi connectivity index (χ1v) is 7.01. The molecule has 0 aliphatic carbocycles. The summed E-state index contributed by atoms with van der Waals surface area (Å²) < 4.78 is 18.3. The number of halogens is 1. The first-order chi connectivity index (χ1) is 10.0. The van der Waals surface area contributed by atoms with Crippen LogP contribution in [0.2, 0.25) is 0 Å². The summed E-state index contributed by atoms with van der Waals surface area (Å²) in [6.07, 6.45) is 0.505. The Kier molecular flexibility index (Phi) is 7.63. The second kappa shape index (κ2) is 9.25. The summed E-state index contributed by atoms with van der Waals surface area (Å²) in [5, 5.41) is 3.24. The number of aryl methyl sites for hydroxylation is 1. The molecule has 0 saturated carbocycles. The highest BCUT2D eigenvalue weighted by Gasteiger charge is 2.07. The van der Waals surface area contributed by atoms with Gasteiger partial charge in [0.2, 0.25) is 5.91 Å². The van der Waals surface area contributed by atoms with E-state index in [0.717, 1.165) is 0 Å². The Bertz CT molecular complexity index is 485. The van der Waals surface area contributed by atoms with E-state index < -0.39 is 0 Å². The zero-order valence-corrected chi connectivity index (χ0v) is 12.9. The lowest BCUT2D eigenvalue weighted by molar-refractivity contribution is -0.121. The predicted molar refractivity (Wildman–Crippen MR) is 83.1 cm³/mol. The lowest BCUT2D eigenvalue weighted by Crippen LogP contribution is -2.50. The van der Waals surface area contributed by atoms with Gasteiger partial charge in [0.25, 0.3) is 0 Å². The third-order valence-corrected chi connectivity index (χ3v) is 2.91. The molecule has 1 amide bonds. The van der Waals surface area contributed by atoms with Crippen LogP contribution >= 0.6 is 12.2 Å². The molecule has 21 heavy (non-hydrogen) atoms. The number of rotatable bonds is 6. The smallest absolute Gasteiger partial charge is 0.238 e. The molecule has 0 radical (unpaired) electrons. The second-order valence-corrected chi connectivity index (χ2v) is 5.00. The van der Waals surface area contributed by atoms with Gasteiger partial charge in [-0.25, -0.2) is 4.39 Å². The summed E-state index contributed by atoms with van der Waals surface area (Å²) in [6, 6.07) is 6.43. The first-order valence-electron chi connectivity index (χ1n) is 6.60. The maximum atomic E-state index is 13.4. The fourth-order valence-electron chi connectivity index (χ4n) is 1.69. The molecule has 0 spiro atoms. The normalized spacial score (nSPS) is 11.6. The minimum absolute atomic E-state index is 0.0327. The molecule has 1 rings (SSSR count). The molecule has 1 aromatic carbocycles. The molecule has 0 aliphatic rings. The van der Waals surface area contributed by atoms with Crippen molar-refractivity contribution in [3.8, 4) is 0 Å². The highest BCUT2D eigenvalue weighted by atomic mass is 32.1. The van der Waals surface area contributed by atoms with E-state index in [1.54, 1.807) is 25.3 Å². The van der Waals surface area contributed by atoms with E-state index in [9.17, 15) is 9.18 Å². The number of hydrogen-bond donors (Lipinski definition) is 3. The van der Waals surface area contributed by atoms with Crippen molar-refractivity contribution in [3.63, 3.8) is 0 Å². The Morgan fingerprint density at radius 3 is 2.76 bits per heavy atom. The number of amides is 1. The predicted octanol–water partition coefficient (Wildman–Crippen LogP) is 1.29. The van der Waals surface area contributed by atoms with Crippen molar-refractivity contribution >= 4 is 23.2 Å². The van der Waals surface area contributed by atoms with Crippen molar-refractivity contribution in [3.05, 3.63) is 35.6 Å². The zero-order chi connectivity index (χ0) is 15.7. The molecule has 1 aromatic rings. The quantitative estimate of drug-likeness (QED) is 0.546. The molecule has 0 heterocycles. The Hall–Kier alpha value is -1.73. The van der Waals surface area contributed by atoms with Gasteiger partial charge in [-0.1, -0.05) is 18.2 Å². The second-order valence-electron chi connectivity index (χ2n) is 4.59. The van der Waals surface area contributed by atoms with Crippen molar-refractivity contribution in [2.75, 3.05) is 13.7 Å². The lowest BCUT2D eigenvalue weighted by atomic mass is 10.1. The minimum Gasteiger partial charge on any atom is -0.383 e. The molecule has 7 heteroatoms. The average molecular weight is 313 g/mol. The minimum atomic E-state index is -0.302. The van der Waals surface area contributed by atoms with Crippen LogP contribution in [0.4, 0.5) is 4.39 Å². The van der Waals surface area contributed by atoms with Crippen LogP contribution in [0.25, 0.3) is 0 Å². The molecule has 0 aliphatic heterocycles. The molecule has 0 fully saturated rings. The van der Waals surface area contributed by atoms with E-state index >= 15 is 0 Å². The van der Waals surface area contributed by atoms with E-state index in [0.29, 0.717) is 23.7 Å². The van der Waals surface area contributed by atoms with E-state index in [4.69, 9.17) is 17.0 Å². The van der Waals surface area contributed by atoms with Crippen LogP contribution in [-0.2, 0) is 16.0 Å². The van der Waals surface area contributed by atoms with E-state index in [-0.39, 0.29) is 24.2 Å². The third-order valence-electron chi connectivity index (χ3n) is 2.69. The molecule has 3 N–H and O–H groups in total. The van der Waals surface area contributed by atoms with Crippen LogP contribution in [0, 0.1) is 5.82 Å². The first kappa shape index (κ1) is 17.3. The average Bonchev–Trinajstić information content (AvgIpc) is 2.44. The van der Waals surface area contributed by atoms with Crippen LogP contribution in [0.5, 0.6) is 0 Å². The fourth-order valence-corrected chi connectivity index (χ4v) is 1.94. The number of hydrazine groups is 1. The fraction of sp³-hybridized carbons (Fsp3) is 0.429. The summed E-state index contributed by atoms with van der Waals surface area (Å²) in [4.78, 5) is 11.6. The lowest BCUT2D eigenvalue weighted by Gasteiger charge is -2.16. The highest BCUT2D eigenvalue weighted by molar-refractivity contribution is 7.80. The number of carbonyl (C=O) groups excluding carboxylic acids is 1. The Morgan fingerprint density at radius 2 is 2.10 bits per heavy atom. The number of ether oxygens (including phenoxy) is 1. The Balaban J connectivity index is 2.25. The van der Waals surface area contributed by atoms with Crippen LogP contribution < -0.4 is 16.2 Å². The molecular weight excluding hydrogens is 293 g/mol. The number of nitrogens with one attached hydrogen (secondary N) is 3. The van der Waals surface area contributed by atoms with Gasteiger partial charge in [-0.05, 0) is 37.2 Å². The highest BCUT2D eigenvalue weighted by Crippen LogP contribution is 2.08. The molecule has 0 saturated heterocycles. The number of carbonyl (C=O) groups is 1. The third kappa shape index (κ3) is 7.01. The topological polar surface area (TPSA) is 62.4 Å². The number of benzene rings is 1. The van der Waals surface area contributed by atoms with Gasteiger partial charge in [-0.15, -0.1) is 0 Å². The van der Waals surface area contributed by atoms with Gasteiger partial charge in [0.1, 0.15) is 5.82 Å². The van der Waals surface area contributed by atoms with E-state index in [1.807, 2.05) is 6.92 Å². The molecule has 0 aromatic heterocycles. The van der Waals surface area contributed by atoms with Crippen LogP contribution in [0.3, 0.4) is 0 Å². The number of hydrogen-bond acceptors (Lipinski definition) is 3. The molecule has 1 atom stereocenters. The standard InChI is InChI=1S/C14H20FN3O2S/c1-10(9-20-2)16-14(21)18-17-13(19)8-7-11-5-3-4-6-12(11)15/h3-6,10H,7-9H2,1-2H3,(H,17,19)(H2,16,18,21)/t10-/m1/s1. The van der Waals surface area contributed by atoms with Crippen molar-refractivity contribution in [1.82, 2.24) is 16.2 Å². The van der Waals surface area contributed by atoms with Crippen molar-refractivity contribution in [2.45, 2.75) is 25.8 Å². The van der Waals surface area contributed by atoms with Crippen molar-refractivity contribution in [2.24, 2.45) is 0 Å². The van der Waals surface area contributed by atoms with Crippen molar-refractivity contribution < 1.29 is 13.9 Å². The van der Waals surface area contributed by atoms with Gasteiger partial charge in [-0.2, -0.15) is 0 Å². The monoisotopic (exact) mass is 313 g/mol.